The molecule has 26 heavy (non-hydrogen) atoms. The van der Waals surface area contributed by atoms with Gasteiger partial charge in [-0.05, 0) is 49.5 Å². The number of benzene rings is 2. The molecule has 0 saturated carbocycles. The molecule has 1 fully saturated rings. The number of hydrogen-bond donors (Lipinski definition) is 1. The fourth-order valence-electron chi connectivity index (χ4n) is 3.41. The number of halogens is 1. The van der Waals surface area contributed by atoms with Crippen molar-refractivity contribution in [3.63, 3.8) is 0 Å². The Hall–Kier alpha value is -1.76. The summed E-state index contributed by atoms with van der Waals surface area (Å²) in [5.41, 5.74) is 1.54. The lowest BCUT2D eigenvalue weighted by molar-refractivity contribution is 0.246. The van der Waals surface area contributed by atoms with Crippen LogP contribution in [0.4, 0.5) is 4.39 Å². The number of nitrogens with zero attached hydrogens (tertiary/aromatic N) is 1. The second-order valence-corrected chi connectivity index (χ2v) is 8.60. The third-order valence-electron chi connectivity index (χ3n) is 4.86. The van der Waals surface area contributed by atoms with Crippen LogP contribution in [0.25, 0.3) is 0 Å². The Balaban J connectivity index is 1.63. The summed E-state index contributed by atoms with van der Waals surface area (Å²) < 4.78 is 41.2. The monoisotopic (exact) mass is 376 g/mol. The molecule has 6 heteroatoms. The van der Waals surface area contributed by atoms with E-state index in [1.54, 1.807) is 18.2 Å². The molecule has 3 rings (SSSR count). The highest BCUT2D eigenvalue weighted by Gasteiger charge is 2.25. The summed E-state index contributed by atoms with van der Waals surface area (Å²) in [7, 11) is -3.47. The van der Waals surface area contributed by atoms with E-state index in [4.69, 9.17) is 0 Å². The number of hydrogen-bond acceptors (Lipinski definition) is 3. The van der Waals surface area contributed by atoms with E-state index >= 15 is 0 Å². The molecule has 2 aromatic carbocycles. The average molecular weight is 376 g/mol. The van der Waals surface area contributed by atoms with E-state index in [2.05, 4.69) is 9.62 Å². The maximum atomic E-state index is 13.7. The van der Waals surface area contributed by atoms with Gasteiger partial charge in [0.25, 0.3) is 0 Å². The quantitative estimate of drug-likeness (QED) is 0.770. The Bertz CT molecular complexity index is 806. The van der Waals surface area contributed by atoms with Gasteiger partial charge in [0.1, 0.15) is 5.82 Å². The zero-order chi connectivity index (χ0) is 18.4. The fourth-order valence-corrected chi connectivity index (χ4v) is 4.45. The van der Waals surface area contributed by atoms with Gasteiger partial charge in [-0.2, -0.15) is 0 Å². The minimum absolute atomic E-state index is 0.0296. The van der Waals surface area contributed by atoms with Crippen LogP contribution in [0.3, 0.4) is 0 Å². The summed E-state index contributed by atoms with van der Waals surface area (Å²) >= 11 is 0. The van der Waals surface area contributed by atoms with E-state index in [1.165, 1.54) is 6.07 Å². The lowest BCUT2D eigenvalue weighted by atomic mass is 10.1. The van der Waals surface area contributed by atoms with E-state index in [-0.39, 0.29) is 24.0 Å². The summed E-state index contributed by atoms with van der Waals surface area (Å²) in [6.45, 7) is 2.30. The predicted octanol–water partition coefficient (Wildman–Crippen LogP) is 3.12. The third kappa shape index (κ3) is 5.13. The molecule has 4 nitrogen and oxygen atoms in total. The summed E-state index contributed by atoms with van der Waals surface area (Å²) in [6.07, 6.45) is 2.45. The van der Waals surface area contributed by atoms with Gasteiger partial charge < -0.3 is 0 Å². The van der Waals surface area contributed by atoms with Crippen LogP contribution in [-0.4, -0.2) is 38.7 Å². The minimum atomic E-state index is -3.47. The van der Waals surface area contributed by atoms with Gasteiger partial charge in [-0.25, -0.2) is 17.5 Å². The molecule has 0 radical (unpaired) electrons. The van der Waals surface area contributed by atoms with Crippen molar-refractivity contribution in [3.05, 3.63) is 71.5 Å². The molecule has 1 unspecified atom stereocenters. The second-order valence-electron chi connectivity index (χ2n) is 6.68. The maximum absolute atomic E-state index is 13.7. The Kier molecular flexibility index (Phi) is 6.40. The molecule has 0 aromatic heterocycles. The number of rotatable bonds is 8. The highest BCUT2D eigenvalue weighted by molar-refractivity contribution is 7.89. The largest absolute Gasteiger partial charge is 0.295 e. The molecule has 2 aromatic rings. The SMILES string of the molecule is O=S(=O)(CCc1ccccc1F)NCC(c1ccccc1)N1CCCC1. The first-order valence-electron chi connectivity index (χ1n) is 9.05. The number of aryl methyl sites for hydroxylation is 1. The van der Waals surface area contributed by atoms with Gasteiger partial charge in [0.05, 0.1) is 5.75 Å². The molecule has 0 bridgehead atoms. The van der Waals surface area contributed by atoms with E-state index in [1.807, 2.05) is 30.3 Å². The van der Waals surface area contributed by atoms with Crippen molar-refractivity contribution < 1.29 is 12.8 Å². The molecule has 0 aliphatic carbocycles. The first-order chi connectivity index (χ1) is 12.6. The normalized spacial score (nSPS) is 16.7. The van der Waals surface area contributed by atoms with E-state index in [9.17, 15) is 12.8 Å². The van der Waals surface area contributed by atoms with Crippen molar-refractivity contribution in [1.82, 2.24) is 9.62 Å². The first-order valence-corrected chi connectivity index (χ1v) is 10.7. The molecular formula is C20H25FN2O2S. The standard InChI is InChI=1S/C20H25FN2O2S/c21-19-11-5-4-8-17(19)12-15-26(24,25)22-16-20(23-13-6-7-14-23)18-9-2-1-3-10-18/h1-5,8-11,20,22H,6-7,12-16H2. The van der Waals surface area contributed by atoms with Gasteiger partial charge in [-0.3, -0.25) is 4.90 Å². The van der Waals surface area contributed by atoms with Crippen LogP contribution in [-0.2, 0) is 16.4 Å². The molecule has 1 N–H and O–H groups in total. The molecule has 1 aliphatic heterocycles. The van der Waals surface area contributed by atoms with Crippen molar-refractivity contribution in [3.8, 4) is 0 Å². The molecule has 140 valence electrons. The van der Waals surface area contributed by atoms with Crippen LogP contribution < -0.4 is 4.72 Å². The average Bonchev–Trinajstić information content (AvgIpc) is 3.16. The van der Waals surface area contributed by atoms with Gasteiger partial charge in [0.2, 0.25) is 10.0 Å². The van der Waals surface area contributed by atoms with Crippen molar-refractivity contribution in [2.75, 3.05) is 25.4 Å². The van der Waals surface area contributed by atoms with Gasteiger partial charge in [0.15, 0.2) is 0 Å². The van der Waals surface area contributed by atoms with Crippen LogP contribution in [0.1, 0.15) is 30.0 Å². The zero-order valence-electron chi connectivity index (χ0n) is 14.8. The Labute approximate surface area is 155 Å². The van der Waals surface area contributed by atoms with Crippen LogP contribution in [0, 0.1) is 5.82 Å². The van der Waals surface area contributed by atoms with Crippen molar-refractivity contribution in [2.45, 2.75) is 25.3 Å². The molecule has 0 spiro atoms. The fraction of sp³-hybridized carbons (Fsp3) is 0.400. The zero-order valence-corrected chi connectivity index (χ0v) is 15.6. The van der Waals surface area contributed by atoms with E-state index in [0.717, 1.165) is 31.5 Å². The highest BCUT2D eigenvalue weighted by atomic mass is 32.2. The molecule has 1 aliphatic rings. The van der Waals surface area contributed by atoms with Crippen molar-refractivity contribution in [1.29, 1.82) is 0 Å². The number of sulfonamides is 1. The second kappa shape index (κ2) is 8.75. The maximum Gasteiger partial charge on any atom is 0.211 e. The summed E-state index contributed by atoms with van der Waals surface area (Å²) in [5.74, 6) is -0.475. The lowest BCUT2D eigenvalue weighted by Crippen LogP contribution is -2.38. The van der Waals surface area contributed by atoms with Gasteiger partial charge in [-0.1, -0.05) is 48.5 Å². The molecule has 0 amide bonds. The first kappa shape index (κ1) is 19.0. The smallest absolute Gasteiger partial charge is 0.211 e. The summed E-state index contributed by atoms with van der Waals surface area (Å²) in [5, 5.41) is 0. The lowest BCUT2D eigenvalue weighted by Gasteiger charge is -2.28. The van der Waals surface area contributed by atoms with E-state index < -0.39 is 10.0 Å². The van der Waals surface area contributed by atoms with Crippen LogP contribution in [0.5, 0.6) is 0 Å². The van der Waals surface area contributed by atoms with Crippen molar-refractivity contribution >= 4 is 10.0 Å². The summed E-state index contributed by atoms with van der Waals surface area (Å²) in [6, 6.07) is 16.3. The van der Waals surface area contributed by atoms with Crippen LogP contribution in [0.15, 0.2) is 54.6 Å². The van der Waals surface area contributed by atoms with Crippen LogP contribution in [0.2, 0.25) is 0 Å². The molecular weight excluding hydrogens is 351 g/mol. The Morgan fingerprint density at radius 1 is 1.00 bits per heavy atom. The van der Waals surface area contributed by atoms with Gasteiger partial charge in [-0.15, -0.1) is 0 Å². The van der Waals surface area contributed by atoms with Gasteiger partial charge in [0, 0.05) is 12.6 Å². The van der Waals surface area contributed by atoms with Gasteiger partial charge >= 0.3 is 0 Å². The predicted molar refractivity (Wildman–Crippen MR) is 102 cm³/mol. The number of nitrogens with one attached hydrogen (secondary N) is 1. The Morgan fingerprint density at radius 3 is 2.35 bits per heavy atom. The third-order valence-corrected chi connectivity index (χ3v) is 6.21. The highest BCUT2D eigenvalue weighted by Crippen LogP contribution is 2.24. The Morgan fingerprint density at radius 2 is 1.65 bits per heavy atom. The van der Waals surface area contributed by atoms with Crippen molar-refractivity contribution in [2.24, 2.45) is 0 Å². The summed E-state index contributed by atoms with van der Waals surface area (Å²) in [4.78, 5) is 2.33. The molecule has 1 atom stereocenters. The number of likely N-dealkylation sites (tertiary alicyclic amines) is 1. The van der Waals surface area contributed by atoms with Crippen LogP contribution >= 0.6 is 0 Å². The molecule has 1 heterocycles. The topological polar surface area (TPSA) is 49.4 Å². The molecule has 1 saturated heterocycles. The minimum Gasteiger partial charge on any atom is -0.295 e. The van der Waals surface area contributed by atoms with E-state index in [0.29, 0.717) is 12.1 Å².